The number of carbonyl (C=O) groups excluding carboxylic acids is 1. The summed E-state index contributed by atoms with van der Waals surface area (Å²) in [5.74, 6) is 0.272. The largest absolute Gasteiger partial charge is 0.450 e. The van der Waals surface area contributed by atoms with Gasteiger partial charge in [-0.2, -0.15) is 0 Å². The molecule has 0 bridgehead atoms. The van der Waals surface area contributed by atoms with Crippen LogP contribution in [0.2, 0.25) is 0 Å². The minimum absolute atomic E-state index is 0.258. The first-order valence-corrected chi connectivity index (χ1v) is 7.16. The van der Waals surface area contributed by atoms with Gasteiger partial charge in [-0.25, -0.2) is 4.79 Å². The number of carbonyl (C=O) groups is 1. The van der Waals surface area contributed by atoms with Gasteiger partial charge in [0.25, 0.3) is 0 Å². The van der Waals surface area contributed by atoms with Crippen molar-refractivity contribution in [2.24, 2.45) is 0 Å². The van der Waals surface area contributed by atoms with Crippen LogP contribution in [0.4, 0.5) is 10.7 Å². The Hall–Kier alpha value is -2.57. The number of nitrogens with one attached hydrogen (secondary N) is 1. The molecule has 2 heterocycles. The maximum atomic E-state index is 11.7. The number of benzene rings is 1. The van der Waals surface area contributed by atoms with Crippen molar-refractivity contribution >= 4 is 12.0 Å². The van der Waals surface area contributed by atoms with Gasteiger partial charge < -0.3 is 4.74 Å². The second-order valence-corrected chi connectivity index (χ2v) is 5.61. The van der Waals surface area contributed by atoms with Crippen LogP contribution < -0.4 is 15.1 Å². The average molecular weight is 303 g/mol. The molecule has 2 aromatic rings. The van der Waals surface area contributed by atoms with E-state index in [0.717, 1.165) is 11.1 Å². The maximum absolute atomic E-state index is 11.7. The van der Waals surface area contributed by atoms with E-state index in [1.807, 2.05) is 30.3 Å². The number of ether oxygens (including phenoxy) is 1. The Labute approximate surface area is 128 Å². The molecule has 0 fully saturated rings. The van der Waals surface area contributed by atoms with E-state index in [1.165, 1.54) is 0 Å². The van der Waals surface area contributed by atoms with Crippen molar-refractivity contribution in [2.75, 3.05) is 24.0 Å². The molecule has 3 rings (SSSR count). The third-order valence-corrected chi connectivity index (χ3v) is 4.05. The second-order valence-electron chi connectivity index (χ2n) is 5.61. The topological polar surface area (TPSA) is 71.5 Å². The van der Waals surface area contributed by atoms with Crippen LogP contribution >= 0.6 is 0 Å². The van der Waals surface area contributed by atoms with Crippen LogP contribution in [0.5, 0.6) is 0 Å². The van der Waals surface area contributed by atoms with Gasteiger partial charge in [0.05, 0.1) is 24.0 Å². The minimum Gasteiger partial charge on any atom is -0.450 e. The molecule has 1 aliphatic rings. The normalized spacial score (nSPS) is 15.0. The molecule has 0 aliphatic carbocycles. The van der Waals surface area contributed by atoms with Crippen LogP contribution in [0.15, 0.2) is 28.8 Å². The Morgan fingerprint density at radius 2 is 2.18 bits per heavy atom. The standard InChI is InChI=1S/C15H18N4O3/c1-5-21-14(20)16-13-12-10-8-6-7-9-11(10)15(2,3)18(4)19(12)17-22-13/h6-9H,5H2,1-4H3/p+1. The Morgan fingerprint density at radius 1 is 1.45 bits per heavy atom. The number of aromatic nitrogens is 2. The Morgan fingerprint density at radius 3 is 2.91 bits per heavy atom. The van der Waals surface area contributed by atoms with Gasteiger partial charge in [0, 0.05) is 0 Å². The van der Waals surface area contributed by atoms with Crippen LogP contribution in [-0.4, -0.2) is 25.0 Å². The lowest BCUT2D eigenvalue weighted by molar-refractivity contribution is -0.756. The summed E-state index contributed by atoms with van der Waals surface area (Å²) in [4.78, 5) is 13.3. The van der Waals surface area contributed by atoms with E-state index in [9.17, 15) is 4.79 Å². The summed E-state index contributed by atoms with van der Waals surface area (Å²) in [5, 5.41) is 8.61. The highest BCUT2D eigenvalue weighted by molar-refractivity contribution is 5.87. The van der Waals surface area contributed by atoms with Crippen molar-refractivity contribution in [3.8, 4) is 11.3 Å². The summed E-state index contributed by atoms with van der Waals surface area (Å²) in [6.45, 7) is 6.25. The minimum atomic E-state index is -0.563. The highest BCUT2D eigenvalue weighted by Crippen LogP contribution is 2.38. The van der Waals surface area contributed by atoms with Crippen molar-refractivity contribution in [3.05, 3.63) is 29.8 Å². The molecule has 1 aromatic carbocycles. The number of rotatable bonds is 2. The maximum Gasteiger partial charge on any atom is 0.414 e. The molecule has 1 aliphatic heterocycles. The first kappa shape index (κ1) is 14.4. The molecule has 0 unspecified atom stereocenters. The van der Waals surface area contributed by atoms with E-state index >= 15 is 0 Å². The van der Waals surface area contributed by atoms with Crippen molar-refractivity contribution < 1.29 is 18.8 Å². The monoisotopic (exact) mass is 303 g/mol. The lowest BCUT2D eigenvalue weighted by Crippen LogP contribution is -2.67. The molecule has 1 amide bonds. The number of fused-ring (bicyclic) bond motifs is 3. The number of nitrogens with zero attached hydrogens (tertiary/aromatic N) is 3. The fraction of sp³-hybridized carbons (Fsp3) is 0.400. The van der Waals surface area contributed by atoms with Gasteiger partial charge in [-0.05, 0) is 32.4 Å². The second kappa shape index (κ2) is 5.01. The summed E-state index contributed by atoms with van der Waals surface area (Å²) < 4.78 is 10.2. The molecule has 0 spiro atoms. The quantitative estimate of drug-likeness (QED) is 0.859. The van der Waals surface area contributed by atoms with E-state index in [2.05, 4.69) is 30.5 Å². The Balaban J connectivity index is 2.12. The first-order chi connectivity index (χ1) is 10.5. The molecule has 116 valence electrons. The fourth-order valence-corrected chi connectivity index (χ4v) is 2.67. The van der Waals surface area contributed by atoms with Gasteiger partial charge in [-0.15, -0.1) is 5.01 Å². The molecule has 7 heteroatoms. The van der Waals surface area contributed by atoms with Crippen LogP contribution in [0.25, 0.3) is 11.3 Å². The smallest absolute Gasteiger partial charge is 0.414 e. The van der Waals surface area contributed by atoms with Crippen LogP contribution in [-0.2, 0) is 10.3 Å². The zero-order valence-electron chi connectivity index (χ0n) is 13.1. The summed E-state index contributed by atoms with van der Waals surface area (Å²) >= 11 is 0. The molecule has 1 aromatic heterocycles. The van der Waals surface area contributed by atoms with Gasteiger partial charge in [0.1, 0.15) is 5.54 Å². The average Bonchev–Trinajstić information content (AvgIpc) is 2.89. The van der Waals surface area contributed by atoms with Crippen molar-refractivity contribution in [3.63, 3.8) is 0 Å². The third kappa shape index (κ3) is 2.01. The van der Waals surface area contributed by atoms with E-state index in [1.54, 1.807) is 11.7 Å². The highest BCUT2D eigenvalue weighted by Gasteiger charge is 2.46. The van der Waals surface area contributed by atoms with Crippen molar-refractivity contribution in [1.82, 2.24) is 5.27 Å². The number of anilines is 1. The predicted octanol–water partition coefficient (Wildman–Crippen LogP) is 2.01. The zero-order valence-corrected chi connectivity index (χ0v) is 13.1. The van der Waals surface area contributed by atoms with Crippen LogP contribution in [0, 0.1) is 0 Å². The number of amides is 1. The van der Waals surface area contributed by atoms with Gasteiger partial charge >= 0.3 is 17.7 Å². The van der Waals surface area contributed by atoms with Crippen LogP contribution in [0.3, 0.4) is 0 Å². The third-order valence-electron chi connectivity index (χ3n) is 4.05. The molecule has 1 N–H and O–H groups in total. The molecular formula is C15H19N4O3+. The van der Waals surface area contributed by atoms with Gasteiger partial charge in [0.2, 0.25) is 5.27 Å². The van der Waals surface area contributed by atoms with E-state index in [-0.39, 0.29) is 11.4 Å². The SMILES string of the molecule is CCOC(=O)Nc1on[n+]2c1-c1ccccc1C(C)(C)N2C. The lowest BCUT2D eigenvalue weighted by Gasteiger charge is -2.33. The Bertz CT molecular complexity index is 723. The van der Waals surface area contributed by atoms with Crippen molar-refractivity contribution in [2.45, 2.75) is 26.3 Å². The highest BCUT2D eigenvalue weighted by atomic mass is 16.6. The number of hydrogen-bond acceptors (Lipinski definition) is 5. The van der Waals surface area contributed by atoms with E-state index in [4.69, 9.17) is 9.26 Å². The lowest BCUT2D eigenvalue weighted by atomic mass is 9.87. The van der Waals surface area contributed by atoms with Gasteiger partial charge in [0.15, 0.2) is 0 Å². The molecule has 0 saturated heterocycles. The molecule has 0 saturated carbocycles. The Kier molecular flexibility index (Phi) is 3.27. The van der Waals surface area contributed by atoms with E-state index in [0.29, 0.717) is 12.3 Å². The van der Waals surface area contributed by atoms with Crippen molar-refractivity contribution in [1.29, 1.82) is 0 Å². The zero-order chi connectivity index (χ0) is 15.9. The predicted molar refractivity (Wildman–Crippen MR) is 79.9 cm³/mol. The summed E-state index contributed by atoms with van der Waals surface area (Å²) in [6, 6.07) is 8.00. The first-order valence-electron chi connectivity index (χ1n) is 7.16. The van der Waals surface area contributed by atoms with Crippen LogP contribution in [0.1, 0.15) is 26.3 Å². The molecule has 0 atom stereocenters. The molecular weight excluding hydrogens is 284 g/mol. The summed E-state index contributed by atoms with van der Waals surface area (Å²) in [5.41, 5.74) is 2.54. The molecule has 0 radical (unpaired) electrons. The fourth-order valence-electron chi connectivity index (χ4n) is 2.67. The molecule has 7 nitrogen and oxygen atoms in total. The summed E-state index contributed by atoms with van der Waals surface area (Å²) in [7, 11) is 1.93. The van der Waals surface area contributed by atoms with E-state index < -0.39 is 6.09 Å². The molecule has 22 heavy (non-hydrogen) atoms. The van der Waals surface area contributed by atoms with Gasteiger partial charge in [-0.3, -0.25) is 9.84 Å². The number of hydrogen-bond donors (Lipinski definition) is 1. The van der Waals surface area contributed by atoms with Gasteiger partial charge in [-0.1, -0.05) is 18.2 Å². The summed E-state index contributed by atoms with van der Waals surface area (Å²) in [6.07, 6.45) is -0.563.